The quantitative estimate of drug-likeness (QED) is 0.511. The molecule has 0 aromatic heterocycles. The number of hydrogen-bond donors (Lipinski definition) is 3. The van der Waals surface area contributed by atoms with Crippen LogP contribution in [0.15, 0.2) is 66.7 Å². The zero-order valence-electron chi connectivity index (χ0n) is 17.4. The Morgan fingerprint density at radius 3 is 2.45 bits per heavy atom. The van der Waals surface area contributed by atoms with Crippen LogP contribution in [0, 0.1) is 12.7 Å². The third kappa shape index (κ3) is 6.05. The molecule has 0 aliphatic rings. The Morgan fingerprint density at radius 1 is 1.00 bits per heavy atom. The molecule has 160 valence electrons. The molecular weight excluding hydrogens is 397 g/mol. The predicted molar refractivity (Wildman–Crippen MR) is 119 cm³/mol. The van der Waals surface area contributed by atoms with Crippen LogP contribution < -0.4 is 20.7 Å². The van der Waals surface area contributed by atoms with Crippen LogP contribution in [-0.2, 0) is 11.3 Å². The zero-order valence-corrected chi connectivity index (χ0v) is 17.4. The minimum Gasteiger partial charge on any atom is -0.494 e. The van der Waals surface area contributed by atoms with Gasteiger partial charge in [-0.05, 0) is 36.8 Å². The summed E-state index contributed by atoms with van der Waals surface area (Å²) >= 11 is 0. The van der Waals surface area contributed by atoms with E-state index in [0.29, 0.717) is 23.5 Å². The molecule has 0 bridgehead atoms. The van der Waals surface area contributed by atoms with Crippen molar-refractivity contribution in [2.45, 2.75) is 13.5 Å². The molecule has 3 N–H and O–H groups in total. The van der Waals surface area contributed by atoms with Crippen LogP contribution in [0.2, 0.25) is 0 Å². The number of halogens is 1. The molecule has 0 unspecified atom stereocenters. The minimum absolute atomic E-state index is 0.0922. The fraction of sp³-hybridized carbons (Fsp3) is 0.167. The van der Waals surface area contributed by atoms with E-state index in [2.05, 4.69) is 16.0 Å². The summed E-state index contributed by atoms with van der Waals surface area (Å²) < 4.78 is 18.6. The van der Waals surface area contributed by atoms with Gasteiger partial charge in [0.15, 0.2) is 11.6 Å². The molecule has 7 heteroatoms. The molecular formula is C24H24FN3O3. The predicted octanol–water partition coefficient (Wildman–Crippen LogP) is 4.12. The van der Waals surface area contributed by atoms with Crippen molar-refractivity contribution >= 4 is 23.2 Å². The van der Waals surface area contributed by atoms with Gasteiger partial charge in [-0.15, -0.1) is 0 Å². The Bertz CT molecular complexity index is 1070. The van der Waals surface area contributed by atoms with Crippen LogP contribution in [0.3, 0.4) is 0 Å². The lowest BCUT2D eigenvalue weighted by molar-refractivity contribution is -0.114. The van der Waals surface area contributed by atoms with E-state index in [-0.39, 0.29) is 24.1 Å². The van der Waals surface area contributed by atoms with Gasteiger partial charge < -0.3 is 20.7 Å². The smallest absolute Gasteiger partial charge is 0.253 e. The number of ether oxygens (including phenoxy) is 1. The van der Waals surface area contributed by atoms with Gasteiger partial charge >= 0.3 is 0 Å². The molecule has 0 spiro atoms. The van der Waals surface area contributed by atoms with E-state index in [1.807, 2.05) is 31.2 Å². The number of anilines is 2. The third-order valence-corrected chi connectivity index (χ3v) is 4.62. The van der Waals surface area contributed by atoms with Gasteiger partial charge in [0.1, 0.15) is 0 Å². The molecule has 3 aromatic rings. The summed E-state index contributed by atoms with van der Waals surface area (Å²) in [5.41, 5.74) is 3.33. The van der Waals surface area contributed by atoms with E-state index < -0.39 is 5.82 Å². The molecule has 0 atom stereocenters. The van der Waals surface area contributed by atoms with Crippen LogP contribution in [-0.4, -0.2) is 25.5 Å². The third-order valence-electron chi connectivity index (χ3n) is 4.62. The summed E-state index contributed by atoms with van der Waals surface area (Å²) in [5.74, 6) is -1.05. The molecule has 0 aliphatic heterocycles. The maximum absolute atomic E-state index is 13.8. The second-order valence-corrected chi connectivity index (χ2v) is 6.96. The lowest BCUT2D eigenvalue weighted by Crippen LogP contribution is -2.26. The topological polar surface area (TPSA) is 79.5 Å². The summed E-state index contributed by atoms with van der Waals surface area (Å²) in [6.45, 7) is 2.29. The van der Waals surface area contributed by atoms with Crippen molar-refractivity contribution in [3.8, 4) is 5.75 Å². The fourth-order valence-electron chi connectivity index (χ4n) is 2.93. The maximum Gasteiger partial charge on any atom is 0.253 e. The summed E-state index contributed by atoms with van der Waals surface area (Å²) in [5, 5.41) is 8.44. The lowest BCUT2D eigenvalue weighted by atomic mass is 10.1. The first kappa shape index (κ1) is 21.8. The Balaban J connectivity index is 1.58. The highest BCUT2D eigenvalue weighted by molar-refractivity contribution is 6.04. The van der Waals surface area contributed by atoms with Crippen LogP contribution >= 0.6 is 0 Å². The van der Waals surface area contributed by atoms with E-state index in [9.17, 15) is 14.0 Å². The van der Waals surface area contributed by atoms with Gasteiger partial charge in [-0.2, -0.15) is 0 Å². The first-order chi connectivity index (χ1) is 15.0. The second-order valence-electron chi connectivity index (χ2n) is 6.96. The zero-order chi connectivity index (χ0) is 22.2. The molecule has 3 aromatic carbocycles. The molecule has 2 amide bonds. The molecule has 6 nitrogen and oxygen atoms in total. The molecule has 0 heterocycles. The van der Waals surface area contributed by atoms with Gasteiger partial charge in [-0.1, -0.05) is 42.0 Å². The lowest BCUT2D eigenvalue weighted by Gasteiger charge is -2.13. The van der Waals surface area contributed by atoms with Gasteiger partial charge in [-0.3, -0.25) is 9.59 Å². The van der Waals surface area contributed by atoms with Crippen molar-refractivity contribution in [1.82, 2.24) is 5.32 Å². The molecule has 0 fully saturated rings. The number of carbonyl (C=O) groups is 2. The second kappa shape index (κ2) is 10.2. The highest BCUT2D eigenvalue weighted by Gasteiger charge is 2.13. The first-order valence-corrected chi connectivity index (χ1v) is 9.76. The average Bonchev–Trinajstić information content (AvgIpc) is 2.77. The van der Waals surface area contributed by atoms with Crippen LogP contribution in [0.5, 0.6) is 5.75 Å². The van der Waals surface area contributed by atoms with Crippen molar-refractivity contribution in [3.05, 3.63) is 89.2 Å². The first-order valence-electron chi connectivity index (χ1n) is 9.76. The number of benzene rings is 3. The standard InChI is InChI=1S/C24H24FN3O3/c1-16-7-9-17(10-8-16)14-27-24(30)19-5-3-4-6-21(19)28-23(29)15-26-18-11-12-22(31-2)20(25)13-18/h3-13,26H,14-15H2,1-2H3,(H,27,30)(H,28,29). The molecule has 0 radical (unpaired) electrons. The van der Waals surface area contributed by atoms with Gasteiger partial charge in [0.05, 0.1) is 24.9 Å². The number of aryl methyl sites for hydroxylation is 1. The Morgan fingerprint density at radius 2 is 1.74 bits per heavy atom. The molecule has 0 saturated heterocycles. The van der Waals surface area contributed by atoms with Gasteiger partial charge in [0, 0.05) is 18.3 Å². The van der Waals surface area contributed by atoms with Crippen molar-refractivity contribution in [1.29, 1.82) is 0 Å². The Kier molecular flexibility index (Phi) is 7.22. The molecule has 31 heavy (non-hydrogen) atoms. The number of nitrogens with one attached hydrogen (secondary N) is 3. The number of methoxy groups -OCH3 is 1. The maximum atomic E-state index is 13.8. The summed E-state index contributed by atoms with van der Waals surface area (Å²) in [6, 6.07) is 19.0. The normalized spacial score (nSPS) is 10.3. The largest absolute Gasteiger partial charge is 0.494 e. The summed E-state index contributed by atoms with van der Waals surface area (Å²) in [4.78, 5) is 25.0. The van der Waals surface area contributed by atoms with Crippen molar-refractivity contribution in [2.24, 2.45) is 0 Å². The van der Waals surface area contributed by atoms with Gasteiger partial charge in [-0.25, -0.2) is 4.39 Å². The summed E-state index contributed by atoms with van der Waals surface area (Å²) in [7, 11) is 1.38. The van der Waals surface area contributed by atoms with Crippen LogP contribution in [0.4, 0.5) is 15.8 Å². The minimum atomic E-state index is -0.525. The highest BCUT2D eigenvalue weighted by Crippen LogP contribution is 2.20. The van der Waals surface area contributed by atoms with Gasteiger partial charge in [0.2, 0.25) is 5.91 Å². The van der Waals surface area contributed by atoms with Crippen molar-refractivity contribution < 1.29 is 18.7 Å². The fourth-order valence-corrected chi connectivity index (χ4v) is 2.93. The molecule has 3 rings (SSSR count). The van der Waals surface area contributed by atoms with E-state index in [1.54, 1.807) is 30.3 Å². The van der Waals surface area contributed by atoms with E-state index in [0.717, 1.165) is 11.1 Å². The van der Waals surface area contributed by atoms with Crippen LogP contribution in [0.25, 0.3) is 0 Å². The van der Waals surface area contributed by atoms with Crippen LogP contribution in [0.1, 0.15) is 21.5 Å². The number of amides is 2. The molecule has 0 saturated carbocycles. The van der Waals surface area contributed by atoms with Crippen molar-refractivity contribution in [2.75, 3.05) is 24.3 Å². The Hall–Kier alpha value is -3.87. The number of para-hydroxylation sites is 1. The van der Waals surface area contributed by atoms with E-state index in [1.165, 1.54) is 19.2 Å². The highest BCUT2D eigenvalue weighted by atomic mass is 19.1. The number of carbonyl (C=O) groups excluding carboxylic acids is 2. The Labute approximate surface area is 180 Å². The summed E-state index contributed by atoms with van der Waals surface area (Å²) in [6.07, 6.45) is 0. The number of rotatable bonds is 8. The number of hydrogen-bond acceptors (Lipinski definition) is 4. The van der Waals surface area contributed by atoms with E-state index >= 15 is 0 Å². The van der Waals surface area contributed by atoms with Crippen molar-refractivity contribution in [3.63, 3.8) is 0 Å². The SMILES string of the molecule is COc1ccc(NCC(=O)Nc2ccccc2C(=O)NCc2ccc(C)cc2)cc1F. The average molecular weight is 421 g/mol. The van der Waals surface area contributed by atoms with E-state index in [4.69, 9.17) is 4.74 Å². The monoisotopic (exact) mass is 421 g/mol. The van der Waals surface area contributed by atoms with Gasteiger partial charge in [0.25, 0.3) is 5.91 Å². The molecule has 0 aliphatic carbocycles.